The van der Waals surface area contributed by atoms with Crippen LogP contribution in [0.2, 0.25) is 5.02 Å². The third-order valence-electron chi connectivity index (χ3n) is 4.59. The number of carboxylic acids is 1. The highest BCUT2D eigenvalue weighted by Gasteiger charge is 2.39. The monoisotopic (exact) mass is 425 g/mol. The predicted octanol–water partition coefficient (Wildman–Crippen LogP) is 4.95. The molecule has 0 aliphatic rings. The van der Waals surface area contributed by atoms with Crippen molar-refractivity contribution in [2.75, 3.05) is 7.11 Å². The number of ether oxygens (including phenoxy) is 1. The van der Waals surface area contributed by atoms with E-state index >= 15 is 0 Å². The molecule has 9 heteroatoms. The Bertz CT molecular complexity index is 1120. The Hall–Kier alpha value is -3.00. The van der Waals surface area contributed by atoms with Gasteiger partial charge in [0.15, 0.2) is 0 Å². The van der Waals surface area contributed by atoms with Gasteiger partial charge in [0, 0.05) is 21.7 Å². The third kappa shape index (κ3) is 3.67. The lowest BCUT2D eigenvalue weighted by Gasteiger charge is -2.14. The largest absolute Gasteiger partial charge is 0.496 e. The molecule has 0 aliphatic carbocycles. The van der Waals surface area contributed by atoms with Crippen LogP contribution >= 0.6 is 11.6 Å². The summed E-state index contributed by atoms with van der Waals surface area (Å²) in [6, 6.07) is 8.29. The molecule has 1 aromatic heterocycles. The summed E-state index contributed by atoms with van der Waals surface area (Å²) in [4.78, 5) is 24.4. The van der Waals surface area contributed by atoms with Crippen LogP contribution in [0.3, 0.4) is 0 Å². The topological polar surface area (TPSA) is 68.5 Å². The summed E-state index contributed by atoms with van der Waals surface area (Å²) < 4.78 is 47.5. The first kappa shape index (κ1) is 20.7. The normalized spacial score (nSPS) is 11.7. The van der Waals surface area contributed by atoms with Crippen molar-refractivity contribution in [1.29, 1.82) is 0 Å². The molecular formula is C20H15ClF3NO4. The van der Waals surface area contributed by atoms with Gasteiger partial charge in [0.25, 0.3) is 5.91 Å². The fraction of sp³-hybridized carbons (Fsp3) is 0.200. The number of aliphatic carboxylic acids is 1. The summed E-state index contributed by atoms with van der Waals surface area (Å²) in [5.41, 5.74) is -0.950. The molecule has 0 saturated carbocycles. The Labute approximate surface area is 168 Å². The highest BCUT2D eigenvalue weighted by Crippen LogP contribution is 2.44. The SMILES string of the molecule is COc1ccc2c(c(CC(=O)O)c(C)n2C(=O)c2ccc(Cl)cc2)c1C(F)(F)F. The van der Waals surface area contributed by atoms with Crippen LogP contribution in [0.15, 0.2) is 36.4 Å². The maximum Gasteiger partial charge on any atom is 0.420 e. The lowest BCUT2D eigenvalue weighted by Crippen LogP contribution is -2.14. The number of alkyl halides is 3. The maximum absolute atomic E-state index is 13.9. The minimum Gasteiger partial charge on any atom is -0.496 e. The van der Waals surface area contributed by atoms with Crippen molar-refractivity contribution in [3.05, 3.63) is 63.8 Å². The maximum atomic E-state index is 13.9. The number of carbonyl (C=O) groups is 2. The quantitative estimate of drug-likeness (QED) is 0.642. The number of methoxy groups -OCH3 is 1. The average molecular weight is 426 g/mol. The predicted molar refractivity (Wildman–Crippen MR) is 101 cm³/mol. The average Bonchev–Trinajstić information content (AvgIpc) is 2.91. The van der Waals surface area contributed by atoms with Crippen LogP contribution in [0, 0.1) is 6.92 Å². The fourth-order valence-corrected chi connectivity index (χ4v) is 3.49. The molecule has 0 unspecified atom stereocenters. The first-order chi connectivity index (χ1) is 13.6. The Morgan fingerprint density at radius 1 is 1.14 bits per heavy atom. The molecule has 0 atom stereocenters. The van der Waals surface area contributed by atoms with Gasteiger partial charge in [-0.2, -0.15) is 13.2 Å². The zero-order chi connectivity index (χ0) is 21.5. The fourth-order valence-electron chi connectivity index (χ4n) is 3.36. The Morgan fingerprint density at radius 3 is 2.28 bits per heavy atom. The summed E-state index contributed by atoms with van der Waals surface area (Å²) in [6.45, 7) is 1.42. The van der Waals surface area contributed by atoms with Gasteiger partial charge in [-0.1, -0.05) is 11.6 Å². The molecule has 29 heavy (non-hydrogen) atoms. The number of hydrogen-bond acceptors (Lipinski definition) is 3. The Morgan fingerprint density at radius 2 is 1.76 bits per heavy atom. The van der Waals surface area contributed by atoms with Gasteiger partial charge in [-0.25, -0.2) is 0 Å². The van der Waals surface area contributed by atoms with Crippen LogP contribution in [0.4, 0.5) is 13.2 Å². The standard InChI is InChI=1S/C20H15ClF3NO4/c1-10-13(9-16(26)27)17-14(7-8-15(29-2)18(17)20(22,23)24)25(10)19(28)11-3-5-12(21)6-4-11/h3-8H,9H2,1-2H3,(H,26,27). The minimum absolute atomic E-state index is 0.0492. The Kier molecular flexibility index (Phi) is 5.32. The number of benzene rings is 2. The van der Waals surface area contributed by atoms with E-state index in [1.807, 2.05) is 0 Å². The summed E-state index contributed by atoms with van der Waals surface area (Å²) in [7, 11) is 1.09. The zero-order valence-corrected chi connectivity index (χ0v) is 16.1. The molecule has 0 spiro atoms. The van der Waals surface area contributed by atoms with Gasteiger partial charge in [0.1, 0.15) is 11.3 Å². The number of halogens is 4. The molecule has 1 heterocycles. The highest BCUT2D eigenvalue weighted by molar-refractivity contribution is 6.30. The van der Waals surface area contributed by atoms with E-state index in [9.17, 15) is 27.9 Å². The van der Waals surface area contributed by atoms with Crippen molar-refractivity contribution in [2.45, 2.75) is 19.5 Å². The number of carboxylic acid groups (broad SMARTS) is 1. The number of carbonyl (C=O) groups excluding carboxylic acids is 1. The molecule has 0 bridgehead atoms. The third-order valence-corrected chi connectivity index (χ3v) is 4.84. The number of hydrogen-bond donors (Lipinski definition) is 1. The minimum atomic E-state index is -4.82. The molecule has 3 aromatic rings. The van der Waals surface area contributed by atoms with Gasteiger partial charge >= 0.3 is 12.1 Å². The van der Waals surface area contributed by atoms with Gasteiger partial charge in [0.2, 0.25) is 0 Å². The molecule has 1 N–H and O–H groups in total. The van der Waals surface area contributed by atoms with Crippen molar-refractivity contribution in [3.8, 4) is 5.75 Å². The van der Waals surface area contributed by atoms with Crippen molar-refractivity contribution in [2.24, 2.45) is 0 Å². The summed E-state index contributed by atoms with van der Waals surface area (Å²) in [5.74, 6) is -2.37. The van der Waals surface area contributed by atoms with E-state index in [0.717, 1.165) is 17.7 Å². The number of nitrogens with zero attached hydrogens (tertiary/aromatic N) is 1. The number of fused-ring (bicyclic) bond motifs is 1. The van der Waals surface area contributed by atoms with Crippen molar-refractivity contribution < 1.29 is 32.6 Å². The second-order valence-corrected chi connectivity index (χ2v) is 6.75. The molecule has 3 rings (SSSR count). The van der Waals surface area contributed by atoms with E-state index < -0.39 is 35.8 Å². The second kappa shape index (κ2) is 7.44. The molecule has 5 nitrogen and oxygen atoms in total. The lowest BCUT2D eigenvalue weighted by atomic mass is 10.0. The van der Waals surface area contributed by atoms with E-state index in [1.165, 1.54) is 37.3 Å². The van der Waals surface area contributed by atoms with Crippen LogP contribution in [0.1, 0.15) is 27.2 Å². The van der Waals surface area contributed by atoms with E-state index in [4.69, 9.17) is 16.3 Å². The lowest BCUT2D eigenvalue weighted by molar-refractivity contribution is -0.138. The first-order valence-corrected chi connectivity index (χ1v) is 8.74. The summed E-state index contributed by atoms with van der Waals surface area (Å²) in [5, 5.41) is 9.28. The van der Waals surface area contributed by atoms with Crippen molar-refractivity contribution >= 4 is 34.4 Å². The number of aromatic nitrogens is 1. The highest BCUT2D eigenvalue weighted by atomic mass is 35.5. The van der Waals surface area contributed by atoms with Gasteiger partial charge in [-0.05, 0) is 48.9 Å². The van der Waals surface area contributed by atoms with Crippen LogP contribution in [-0.4, -0.2) is 28.7 Å². The van der Waals surface area contributed by atoms with Gasteiger partial charge < -0.3 is 9.84 Å². The van der Waals surface area contributed by atoms with Crippen molar-refractivity contribution in [3.63, 3.8) is 0 Å². The molecule has 0 fully saturated rings. The first-order valence-electron chi connectivity index (χ1n) is 8.36. The van der Waals surface area contributed by atoms with E-state index in [-0.39, 0.29) is 27.7 Å². The van der Waals surface area contributed by atoms with Crippen LogP contribution < -0.4 is 4.74 Å². The summed E-state index contributed by atoms with van der Waals surface area (Å²) >= 11 is 5.83. The zero-order valence-electron chi connectivity index (χ0n) is 15.3. The van der Waals surface area contributed by atoms with Gasteiger partial charge in [-0.15, -0.1) is 0 Å². The van der Waals surface area contributed by atoms with Crippen molar-refractivity contribution in [1.82, 2.24) is 4.57 Å². The second-order valence-electron chi connectivity index (χ2n) is 6.32. The molecule has 0 amide bonds. The molecule has 0 aliphatic heterocycles. The summed E-state index contributed by atoms with van der Waals surface area (Å²) in [6.07, 6.45) is -5.50. The van der Waals surface area contributed by atoms with Gasteiger partial charge in [-0.3, -0.25) is 14.2 Å². The van der Waals surface area contributed by atoms with Gasteiger partial charge in [0.05, 0.1) is 19.0 Å². The van der Waals surface area contributed by atoms with Crippen LogP contribution in [0.5, 0.6) is 5.75 Å². The smallest absolute Gasteiger partial charge is 0.420 e. The van der Waals surface area contributed by atoms with E-state index in [1.54, 1.807) is 0 Å². The van der Waals surface area contributed by atoms with Crippen LogP contribution in [0.25, 0.3) is 10.9 Å². The van der Waals surface area contributed by atoms with Crippen LogP contribution in [-0.2, 0) is 17.4 Å². The molecular weight excluding hydrogens is 411 g/mol. The molecule has 2 aromatic carbocycles. The number of rotatable bonds is 4. The van der Waals surface area contributed by atoms with E-state index in [2.05, 4.69) is 0 Å². The Balaban J connectivity index is 2.40. The molecule has 152 valence electrons. The van der Waals surface area contributed by atoms with E-state index in [0.29, 0.717) is 5.02 Å². The molecule has 0 radical (unpaired) electrons. The molecule has 0 saturated heterocycles.